The average Bonchev–Trinajstić information content (AvgIpc) is 3.49. The molecule has 2 aromatic carbocycles. The van der Waals surface area contributed by atoms with Crippen LogP contribution < -0.4 is 20.8 Å². The third kappa shape index (κ3) is 5.66. The Hall–Kier alpha value is -4.10. The van der Waals surface area contributed by atoms with Gasteiger partial charge in [0.15, 0.2) is 5.82 Å². The number of aromatic nitrogens is 2. The second kappa shape index (κ2) is 11.3. The maximum absolute atomic E-state index is 15.2. The predicted octanol–water partition coefficient (Wildman–Crippen LogP) is 4.76. The first kappa shape index (κ1) is 29.4. The van der Waals surface area contributed by atoms with Gasteiger partial charge in [0.25, 0.3) is 5.91 Å². The van der Waals surface area contributed by atoms with Crippen LogP contribution in [-0.4, -0.2) is 65.4 Å². The van der Waals surface area contributed by atoms with Crippen LogP contribution in [0.15, 0.2) is 42.7 Å². The average molecular weight is 587 g/mol. The molecule has 0 aliphatic carbocycles. The van der Waals surface area contributed by atoms with E-state index < -0.39 is 23.5 Å². The summed E-state index contributed by atoms with van der Waals surface area (Å²) in [7, 11) is 3.73. The Balaban J connectivity index is 1.42. The number of hydrazine groups is 2. The third-order valence-electron chi connectivity index (χ3n) is 7.89. The molecule has 1 saturated heterocycles. The summed E-state index contributed by atoms with van der Waals surface area (Å²) in [5, 5.41) is 10.6. The van der Waals surface area contributed by atoms with Crippen LogP contribution in [0.4, 0.5) is 34.6 Å². The molecule has 2 aliphatic rings. The van der Waals surface area contributed by atoms with Gasteiger partial charge in [-0.3, -0.25) is 19.5 Å². The van der Waals surface area contributed by atoms with Crippen molar-refractivity contribution in [3.63, 3.8) is 0 Å². The van der Waals surface area contributed by atoms with E-state index in [9.17, 15) is 18.0 Å². The Bertz CT molecular complexity index is 1520. The third-order valence-corrected chi connectivity index (χ3v) is 7.89. The number of piperazine rings is 1. The summed E-state index contributed by atoms with van der Waals surface area (Å²) in [6.07, 6.45) is -1.28. The van der Waals surface area contributed by atoms with Gasteiger partial charge >= 0.3 is 6.18 Å². The Morgan fingerprint density at radius 3 is 2.38 bits per heavy atom. The van der Waals surface area contributed by atoms with Gasteiger partial charge in [-0.1, -0.05) is 13.0 Å². The molecular formula is C29H34F4N8O. The molecule has 5 rings (SSSR count). The molecule has 1 amide bonds. The number of hydrogen-bond acceptors (Lipinski definition) is 7. The highest BCUT2D eigenvalue weighted by molar-refractivity contribution is 6.05. The van der Waals surface area contributed by atoms with Crippen molar-refractivity contribution in [2.45, 2.75) is 26.9 Å². The van der Waals surface area contributed by atoms with Crippen LogP contribution in [0.3, 0.4) is 0 Å². The maximum atomic E-state index is 15.2. The lowest BCUT2D eigenvalue weighted by molar-refractivity contribution is -0.139. The van der Waals surface area contributed by atoms with Crippen molar-refractivity contribution in [1.29, 1.82) is 0 Å². The number of carbonyl (C=O) groups is 1. The van der Waals surface area contributed by atoms with Gasteiger partial charge in [-0.15, -0.1) is 5.53 Å². The Morgan fingerprint density at radius 2 is 1.76 bits per heavy atom. The van der Waals surface area contributed by atoms with E-state index in [0.717, 1.165) is 34.8 Å². The Kier molecular flexibility index (Phi) is 7.90. The van der Waals surface area contributed by atoms with Crippen molar-refractivity contribution < 1.29 is 22.4 Å². The molecule has 224 valence electrons. The van der Waals surface area contributed by atoms with E-state index in [1.54, 1.807) is 39.0 Å². The quantitative estimate of drug-likeness (QED) is 0.404. The number of amides is 1. The number of hydrogen-bond donors (Lipinski definition) is 2. The molecule has 0 atom stereocenters. The minimum absolute atomic E-state index is 0.219. The van der Waals surface area contributed by atoms with Gasteiger partial charge in [-0.05, 0) is 50.2 Å². The zero-order chi connectivity index (χ0) is 30.3. The van der Waals surface area contributed by atoms with Crippen LogP contribution in [0.2, 0.25) is 0 Å². The van der Waals surface area contributed by atoms with Crippen molar-refractivity contribution in [3.05, 3.63) is 76.5 Å². The molecule has 0 saturated carbocycles. The topological polar surface area (TPSA) is 71.9 Å². The fourth-order valence-electron chi connectivity index (χ4n) is 5.21. The van der Waals surface area contributed by atoms with Crippen LogP contribution in [0.25, 0.3) is 5.70 Å². The van der Waals surface area contributed by atoms with Crippen molar-refractivity contribution in [2.24, 2.45) is 7.05 Å². The van der Waals surface area contributed by atoms with Crippen LogP contribution in [-0.2, 0) is 13.2 Å². The number of halogens is 4. The lowest BCUT2D eigenvalue weighted by atomic mass is 10.1. The molecule has 0 spiro atoms. The second-order valence-electron chi connectivity index (χ2n) is 10.5. The molecule has 13 heteroatoms. The smallest absolute Gasteiger partial charge is 0.367 e. The normalized spacial score (nSPS) is 16.3. The van der Waals surface area contributed by atoms with Gasteiger partial charge in [-0.25, -0.2) is 4.39 Å². The molecule has 0 radical (unpaired) electrons. The van der Waals surface area contributed by atoms with E-state index in [0.29, 0.717) is 37.9 Å². The van der Waals surface area contributed by atoms with Gasteiger partial charge in [0.05, 0.1) is 28.8 Å². The number of carbonyl (C=O) groups excluding carboxylic acids is 1. The van der Waals surface area contributed by atoms with Crippen molar-refractivity contribution in [3.8, 4) is 0 Å². The monoisotopic (exact) mass is 586 g/mol. The van der Waals surface area contributed by atoms with Gasteiger partial charge in [0.1, 0.15) is 0 Å². The molecule has 3 aromatic rings. The standard InChI is InChI=1S/C29H34F4N8O/c1-6-39-9-11-40(12-10-39)25-14-20(13-23(27(25)30)29(31,32)33)28(42)35-21-8-7-18(2)24(15-21)41-17-26(38(5)36-41)22-16-34-37(4)19(22)3/h7-8,13-17,36H,6,9-12H2,1-5H3,(H,35,42). The van der Waals surface area contributed by atoms with E-state index in [4.69, 9.17) is 0 Å². The lowest BCUT2D eigenvalue weighted by Crippen LogP contribution is -2.46. The summed E-state index contributed by atoms with van der Waals surface area (Å²) in [5.74, 6) is -2.13. The SMILES string of the molecule is CCN1CCN(c2cc(C(=O)Nc3ccc(C)c(N4C=C(c5cnn(C)c5C)N(C)N4)c3)cc(C(F)(F)F)c2F)CC1. The van der Waals surface area contributed by atoms with Gasteiger partial charge in [0, 0.05) is 69.0 Å². The highest BCUT2D eigenvalue weighted by Gasteiger charge is 2.37. The van der Waals surface area contributed by atoms with Crippen LogP contribution >= 0.6 is 0 Å². The van der Waals surface area contributed by atoms with E-state index in [2.05, 4.69) is 20.9 Å². The molecular weight excluding hydrogens is 552 g/mol. The molecule has 9 nitrogen and oxygen atoms in total. The van der Waals surface area contributed by atoms with E-state index >= 15 is 4.39 Å². The summed E-state index contributed by atoms with van der Waals surface area (Å²) in [5.41, 5.74) is 6.09. The van der Waals surface area contributed by atoms with Crippen molar-refractivity contribution >= 4 is 28.7 Å². The van der Waals surface area contributed by atoms with E-state index in [1.807, 2.05) is 46.1 Å². The zero-order valence-electron chi connectivity index (χ0n) is 24.2. The second-order valence-corrected chi connectivity index (χ2v) is 10.5. The van der Waals surface area contributed by atoms with Crippen LogP contribution in [0, 0.1) is 19.7 Å². The molecule has 2 aliphatic heterocycles. The fourth-order valence-corrected chi connectivity index (χ4v) is 5.21. The summed E-state index contributed by atoms with van der Waals surface area (Å²) in [6, 6.07) is 6.99. The molecule has 2 N–H and O–H groups in total. The summed E-state index contributed by atoms with van der Waals surface area (Å²) >= 11 is 0. The number of nitrogens with one attached hydrogen (secondary N) is 2. The molecule has 0 bridgehead atoms. The fraction of sp³-hybridized carbons (Fsp3) is 0.379. The number of likely N-dealkylation sites (N-methyl/N-ethyl adjacent to an activating group) is 1. The summed E-state index contributed by atoms with van der Waals surface area (Å²) in [4.78, 5) is 17.0. The van der Waals surface area contributed by atoms with Gasteiger partial charge < -0.3 is 15.1 Å². The Morgan fingerprint density at radius 1 is 1.05 bits per heavy atom. The first-order valence-electron chi connectivity index (χ1n) is 13.7. The number of rotatable bonds is 6. The van der Waals surface area contributed by atoms with Crippen LogP contribution in [0.1, 0.15) is 39.7 Å². The Labute approximate surface area is 241 Å². The summed E-state index contributed by atoms with van der Waals surface area (Å²) in [6.45, 7) is 8.58. The van der Waals surface area contributed by atoms with Crippen molar-refractivity contribution in [1.82, 2.24) is 25.2 Å². The minimum Gasteiger partial charge on any atom is -0.367 e. The number of nitrogens with zero attached hydrogens (tertiary/aromatic N) is 6. The van der Waals surface area contributed by atoms with Crippen molar-refractivity contribution in [2.75, 3.05) is 55.0 Å². The highest BCUT2D eigenvalue weighted by Crippen LogP contribution is 2.37. The molecule has 3 heterocycles. The number of alkyl halides is 3. The van der Waals surface area contributed by atoms with E-state index in [1.165, 1.54) is 6.07 Å². The molecule has 1 aromatic heterocycles. The zero-order valence-corrected chi connectivity index (χ0v) is 24.2. The predicted molar refractivity (Wildman–Crippen MR) is 154 cm³/mol. The highest BCUT2D eigenvalue weighted by atomic mass is 19.4. The number of aryl methyl sites for hydroxylation is 2. The number of benzene rings is 2. The molecule has 1 fully saturated rings. The largest absolute Gasteiger partial charge is 0.419 e. The summed E-state index contributed by atoms with van der Waals surface area (Å²) < 4.78 is 58.5. The van der Waals surface area contributed by atoms with E-state index in [-0.39, 0.29) is 11.3 Å². The maximum Gasteiger partial charge on any atom is 0.419 e. The first-order chi connectivity index (χ1) is 19.9. The minimum atomic E-state index is -4.96. The lowest BCUT2D eigenvalue weighted by Gasteiger charge is -2.36. The van der Waals surface area contributed by atoms with Gasteiger partial charge in [0.2, 0.25) is 0 Å². The first-order valence-corrected chi connectivity index (χ1v) is 13.7. The molecule has 0 unspecified atom stereocenters. The number of anilines is 3. The van der Waals surface area contributed by atoms with Crippen LogP contribution in [0.5, 0.6) is 0 Å². The van der Waals surface area contributed by atoms with Gasteiger partial charge in [-0.2, -0.15) is 18.3 Å². The molecule has 42 heavy (non-hydrogen) atoms.